The molecule has 0 saturated heterocycles. The molecule has 0 radical (unpaired) electrons. The summed E-state index contributed by atoms with van der Waals surface area (Å²) in [5.41, 5.74) is 33.9. The van der Waals surface area contributed by atoms with Crippen LogP contribution in [0.25, 0.3) is 0 Å². The number of unbranched alkanes of at least 4 members (excludes halogenated alkanes) is 1. The highest BCUT2D eigenvalue weighted by Gasteiger charge is 2.28. The molecule has 0 aliphatic heterocycles. The molecule has 18 nitrogen and oxygen atoms in total. The lowest BCUT2D eigenvalue weighted by molar-refractivity contribution is -0.142. The lowest BCUT2D eigenvalue weighted by Gasteiger charge is -2.24. The zero-order valence-corrected chi connectivity index (χ0v) is 26.5. The first-order chi connectivity index (χ1) is 22.3. The molecule has 18 heteroatoms. The molecule has 47 heavy (non-hydrogen) atoms. The van der Waals surface area contributed by atoms with Crippen LogP contribution in [-0.4, -0.2) is 97.0 Å². The van der Waals surface area contributed by atoms with Crippen molar-refractivity contribution in [2.24, 2.45) is 44.4 Å². The van der Waals surface area contributed by atoms with E-state index in [4.69, 9.17) is 34.4 Å². The maximum Gasteiger partial charge on any atom is 0.326 e. The number of amides is 4. The van der Waals surface area contributed by atoms with E-state index in [-0.39, 0.29) is 57.1 Å². The van der Waals surface area contributed by atoms with E-state index in [9.17, 15) is 29.1 Å². The molecule has 0 saturated carbocycles. The van der Waals surface area contributed by atoms with Crippen molar-refractivity contribution < 1.29 is 29.1 Å². The van der Waals surface area contributed by atoms with Crippen molar-refractivity contribution in [3.8, 4) is 0 Å². The van der Waals surface area contributed by atoms with Gasteiger partial charge in [-0.05, 0) is 63.5 Å². The standard InChI is InChI=1S/C29H50N12O6/c30-13-5-4-10-22(27(46)47)39-23(42)17-38-25(44)20(11-6-14-36-28(32)33)41-26(45)21(12-7-15-37-29(34)35)40-24(43)19(31)16-18-8-2-1-3-9-18/h1-3,8-9,19-22H,4-7,10-17,30-31H2,(H,38,44)(H,39,42)(H,40,43)(H,41,45)(H,46,47)(H4,32,33,36)(H4,34,35,37)/t19-,20-,21-,22-/m0/s1. The number of carboxylic acid groups (broad SMARTS) is 1. The van der Waals surface area contributed by atoms with Gasteiger partial charge < -0.3 is 60.8 Å². The Bertz CT molecular complexity index is 1210. The molecule has 0 spiro atoms. The third-order valence-electron chi connectivity index (χ3n) is 6.80. The molecular formula is C29H50N12O6. The molecule has 0 fully saturated rings. The van der Waals surface area contributed by atoms with Crippen LogP contribution in [0.4, 0.5) is 0 Å². The zero-order valence-electron chi connectivity index (χ0n) is 26.5. The van der Waals surface area contributed by atoms with Gasteiger partial charge in [-0.2, -0.15) is 0 Å². The van der Waals surface area contributed by atoms with E-state index in [0.717, 1.165) is 5.56 Å². The van der Waals surface area contributed by atoms with Crippen LogP contribution in [0.3, 0.4) is 0 Å². The molecule has 0 heterocycles. The van der Waals surface area contributed by atoms with Gasteiger partial charge in [0.25, 0.3) is 0 Å². The molecule has 1 aromatic rings. The molecule has 0 bridgehead atoms. The van der Waals surface area contributed by atoms with E-state index < -0.39 is 60.3 Å². The summed E-state index contributed by atoms with van der Waals surface area (Å²) in [6.07, 6.45) is 2.23. The van der Waals surface area contributed by atoms with E-state index >= 15 is 0 Å². The average Bonchev–Trinajstić information content (AvgIpc) is 3.02. The molecule has 1 aromatic carbocycles. The smallest absolute Gasteiger partial charge is 0.326 e. The highest BCUT2D eigenvalue weighted by Crippen LogP contribution is 2.07. The van der Waals surface area contributed by atoms with Gasteiger partial charge in [-0.3, -0.25) is 29.2 Å². The second-order valence-corrected chi connectivity index (χ2v) is 10.8. The minimum Gasteiger partial charge on any atom is -0.480 e. The second-order valence-electron chi connectivity index (χ2n) is 10.8. The monoisotopic (exact) mass is 662 g/mol. The average molecular weight is 663 g/mol. The summed E-state index contributed by atoms with van der Waals surface area (Å²) in [6, 6.07) is 4.71. The number of aliphatic carboxylic acids is 1. The summed E-state index contributed by atoms with van der Waals surface area (Å²) < 4.78 is 0. The second kappa shape index (κ2) is 22.5. The molecule has 4 atom stereocenters. The molecule has 0 aliphatic rings. The summed E-state index contributed by atoms with van der Waals surface area (Å²) in [5.74, 6) is -4.23. The van der Waals surface area contributed by atoms with Gasteiger partial charge >= 0.3 is 5.97 Å². The van der Waals surface area contributed by atoms with Gasteiger partial charge in [0.1, 0.15) is 18.1 Å². The minimum absolute atomic E-state index is 0.0645. The van der Waals surface area contributed by atoms with Crippen molar-refractivity contribution >= 4 is 41.5 Å². The number of hydrogen-bond acceptors (Lipinski definition) is 9. The molecule has 0 unspecified atom stereocenters. The van der Waals surface area contributed by atoms with Crippen molar-refractivity contribution in [2.45, 2.75) is 75.5 Å². The van der Waals surface area contributed by atoms with Gasteiger partial charge in [0.15, 0.2) is 11.9 Å². The Labute approximate surface area is 273 Å². The van der Waals surface area contributed by atoms with Gasteiger partial charge in [-0.1, -0.05) is 30.3 Å². The van der Waals surface area contributed by atoms with Crippen molar-refractivity contribution in [1.29, 1.82) is 0 Å². The topological polar surface area (TPSA) is 335 Å². The predicted octanol–water partition coefficient (Wildman–Crippen LogP) is -3.55. The quantitative estimate of drug-likeness (QED) is 0.0308. The lowest BCUT2D eigenvalue weighted by Crippen LogP contribution is -2.56. The Morgan fingerprint density at radius 2 is 1.23 bits per heavy atom. The number of nitrogens with two attached hydrogens (primary N) is 6. The molecule has 262 valence electrons. The Kier molecular flexibility index (Phi) is 19.2. The fourth-order valence-corrected chi connectivity index (χ4v) is 4.34. The van der Waals surface area contributed by atoms with E-state index in [0.29, 0.717) is 25.8 Å². The van der Waals surface area contributed by atoms with Crippen LogP contribution < -0.4 is 55.7 Å². The minimum atomic E-state index is -1.22. The van der Waals surface area contributed by atoms with Gasteiger partial charge in [-0.25, -0.2) is 4.79 Å². The van der Waals surface area contributed by atoms with Crippen LogP contribution in [0.2, 0.25) is 0 Å². The SMILES string of the molecule is NCCCC[C@H](NC(=O)CNC(=O)[C@H](CCCN=C(N)N)NC(=O)[C@H](CCCN=C(N)N)NC(=O)[C@@H](N)Cc1ccccc1)C(=O)O. The van der Waals surface area contributed by atoms with Crippen LogP contribution in [0.5, 0.6) is 0 Å². The molecule has 17 N–H and O–H groups in total. The van der Waals surface area contributed by atoms with E-state index in [1.54, 1.807) is 0 Å². The molecular weight excluding hydrogens is 612 g/mol. The molecule has 1 rings (SSSR count). The number of nitrogens with zero attached hydrogens (tertiary/aromatic N) is 2. The van der Waals surface area contributed by atoms with Gasteiger partial charge in [0.2, 0.25) is 23.6 Å². The van der Waals surface area contributed by atoms with Crippen molar-refractivity contribution in [3.63, 3.8) is 0 Å². The van der Waals surface area contributed by atoms with Crippen LogP contribution in [0.15, 0.2) is 40.3 Å². The maximum atomic E-state index is 13.5. The molecule has 0 aliphatic carbocycles. The van der Waals surface area contributed by atoms with E-state index in [1.165, 1.54) is 0 Å². The van der Waals surface area contributed by atoms with E-state index in [1.807, 2.05) is 30.3 Å². The first-order valence-electron chi connectivity index (χ1n) is 15.3. The number of rotatable bonds is 23. The summed E-state index contributed by atoms with van der Waals surface area (Å²) in [4.78, 5) is 71.4. The summed E-state index contributed by atoms with van der Waals surface area (Å²) in [7, 11) is 0. The third kappa shape index (κ3) is 17.9. The van der Waals surface area contributed by atoms with Crippen LogP contribution in [-0.2, 0) is 30.4 Å². The zero-order chi connectivity index (χ0) is 35.2. The third-order valence-corrected chi connectivity index (χ3v) is 6.80. The molecule has 0 aromatic heterocycles. The molecule has 4 amide bonds. The normalized spacial score (nSPS) is 13.1. The number of carboxylic acids is 1. The van der Waals surface area contributed by atoms with Crippen molar-refractivity contribution in [1.82, 2.24) is 21.3 Å². The fourth-order valence-electron chi connectivity index (χ4n) is 4.34. The number of carbonyl (C=O) groups is 5. The number of aliphatic imine (C=N–C) groups is 2. The number of guanidine groups is 2. The van der Waals surface area contributed by atoms with Gasteiger partial charge in [0.05, 0.1) is 12.6 Å². The highest BCUT2D eigenvalue weighted by atomic mass is 16.4. The van der Waals surface area contributed by atoms with Gasteiger partial charge in [-0.15, -0.1) is 0 Å². The number of benzene rings is 1. The maximum absolute atomic E-state index is 13.5. The largest absolute Gasteiger partial charge is 0.480 e. The van der Waals surface area contributed by atoms with Crippen LogP contribution in [0.1, 0.15) is 50.5 Å². The first kappa shape index (κ1) is 40.1. The van der Waals surface area contributed by atoms with Crippen molar-refractivity contribution in [3.05, 3.63) is 35.9 Å². The highest BCUT2D eigenvalue weighted by molar-refractivity contribution is 5.94. The Morgan fingerprint density at radius 1 is 0.702 bits per heavy atom. The number of nitrogens with one attached hydrogen (secondary N) is 4. The summed E-state index contributed by atoms with van der Waals surface area (Å²) in [5, 5.41) is 19.5. The van der Waals surface area contributed by atoms with E-state index in [2.05, 4.69) is 31.3 Å². The Hall–Kier alpha value is -4.97. The summed E-state index contributed by atoms with van der Waals surface area (Å²) in [6.45, 7) is 0.165. The predicted molar refractivity (Wildman–Crippen MR) is 177 cm³/mol. The number of carbonyl (C=O) groups excluding carboxylic acids is 4. The van der Waals surface area contributed by atoms with Crippen molar-refractivity contribution in [2.75, 3.05) is 26.2 Å². The Balaban J connectivity index is 3.01. The number of hydrogen-bond donors (Lipinski definition) is 11. The van der Waals surface area contributed by atoms with Crippen LogP contribution in [0, 0.1) is 0 Å². The van der Waals surface area contributed by atoms with Crippen LogP contribution >= 0.6 is 0 Å². The summed E-state index contributed by atoms with van der Waals surface area (Å²) >= 11 is 0. The lowest BCUT2D eigenvalue weighted by atomic mass is 10.0. The first-order valence-corrected chi connectivity index (χ1v) is 15.3. The van der Waals surface area contributed by atoms with Gasteiger partial charge in [0, 0.05) is 13.1 Å². The Morgan fingerprint density at radius 3 is 1.77 bits per heavy atom. The fraction of sp³-hybridized carbons (Fsp3) is 0.552.